The Hall–Kier alpha value is -1.40. The predicted octanol–water partition coefficient (Wildman–Crippen LogP) is 0.723. The minimum atomic E-state index is -3.41. The van der Waals surface area contributed by atoms with Crippen LogP contribution in [0.4, 0.5) is 0 Å². The molecule has 1 aliphatic heterocycles. The van der Waals surface area contributed by atoms with Gasteiger partial charge in [-0.2, -0.15) is 0 Å². The Bertz CT molecular complexity index is 564. The van der Waals surface area contributed by atoms with E-state index in [2.05, 4.69) is 28.9 Å². The molecular formula is C12H17N3O2S. The molecule has 0 saturated heterocycles. The highest BCUT2D eigenvalue weighted by atomic mass is 32.2. The van der Waals surface area contributed by atoms with Gasteiger partial charge in [0.1, 0.15) is 5.84 Å². The standard InChI is InChI=1S/C12H17N3O2S/c1-9(2)13-7-8-14-12-10-5-3-4-6-11(10)18(16,17)15-12/h3-6,9,13H,7-8H2,1-2H3,(H,14,15). The van der Waals surface area contributed by atoms with E-state index in [1.54, 1.807) is 18.2 Å². The van der Waals surface area contributed by atoms with Crippen molar-refractivity contribution in [2.45, 2.75) is 24.8 Å². The van der Waals surface area contributed by atoms with Gasteiger partial charge in [-0.3, -0.25) is 9.71 Å². The molecule has 0 spiro atoms. The second-order valence-corrected chi connectivity index (χ2v) is 6.09. The van der Waals surface area contributed by atoms with E-state index in [0.717, 1.165) is 6.54 Å². The minimum Gasteiger partial charge on any atom is -0.313 e. The lowest BCUT2D eigenvalue weighted by molar-refractivity contribution is 0.593. The molecule has 0 atom stereocenters. The molecule has 0 bridgehead atoms. The highest BCUT2D eigenvalue weighted by molar-refractivity contribution is 7.90. The average molecular weight is 267 g/mol. The maximum Gasteiger partial charge on any atom is 0.263 e. The van der Waals surface area contributed by atoms with Crippen LogP contribution in [0.2, 0.25) is 0 Å². The summed E-state index contributed by atoms with van der Waals surface area (Å²) in [4.78, 5) is 4.60. The molecule has 1 aromatic carbocycles. The highest BCUT2D eigenvalue weighted by Gasteiger charge is 2.29. The number of fused-ring (bicyclic) bond motifs is 1. The van der Waals surface area contributed by atoms with E-state index in [-0.39, 0.29) is 0 Å². The highest BCUT2D eigenvalue weighted by Crippen LogP contribution is 2.21. The van der Waals surface area contributed by atoms with Gasteiger partial charge < -0.3 is 5.32 Å². The van der Waals surface area contributed by atoms with Crippen LogP contribution in [-0.2, 0) is 10.0 Å². The van der Waals surface area contributed by atoms with Gasteiger partial charge in [0.05, 0.1) is 11.4 Å². The van der Waals surface area contributed by atoms with Crippen LogP contribution in [0.15, 0.2) is 34.2 Å². The lowest BCUT2D eigenvalue weighted by Gasteiger charge is -2.05. The second kappa shape index (κ2) is 5.07. The number of hydrogen-bond donors (Lipinski definition) is 2. The van der Waals surface area contributed by atoms with Gasteiger partial charge in [0.25, 0.3) is 10.0 Å². The van der Waals surface area contributed by atoms with Gasteiger partial charge in [-0.15, -0.1) is 0 Å². The first-order chi connectivity index (χ1) is 8.50. The summed E-state index contributed by atoms with van der Waals surface area (Å²) in [5, 5.41) is 3.23. The van der Waals surface area contributed by atoms with E-state index in [1.807, 2.05) is 6.07 Å². The number of aliphatic imine (C=N–C) groups is 1. The van der Waals surface area contributed by atoms with Crippen LogP contribution in [0.1, 0.15) is 19.4 Å². The number of sulfonamides is 1. The summed E-state index contributed by atoms with van der Waals surface area (Å²) in [6, 6.07) is 7.27. The fraction of sp³-hybridized carbons (Fsp3) is 0.417. The van der Waals surface area contributed by atoms with Crippen LogP contribution < -0.4 is 10.0 Å². The summed E-state index contributed by atoms with van der Waals surface area (Å²) in [6.45, 7) is 5.39. The SMILES string of the molecule is CC(C)NCCN=C1NS(=O)(=O)c2ccccc21. The number of nitrogens with zero attached hydrogens (tertiary/aromatic N) is 1. The molecule has 2 rings (SSSR count). The van der Waals surface area contributed by atoms with Crippen molar-refractivity contribution in [2.75, 3.05) is 13.1 Å². The van der Waals surface area contributed by atoms with E-state index < -0.39 is 10.0 Å². The lowest BCUT2D eigenvalue weighted by Crippen LogP contribution is -2.27. The molecule has 5 nitrogen and oxygen atoms in total. The summed E-state index contributed by atoms with van der Waals surface area (Å²) in [5.41, 5.74) is 0.655. The Morgan fingerprint density at radius 2 is 2.06 bits per heavy atom. The predicted molar refractivity (Wildman–Crippen MR) is 71.3 cm³/mol. The normalized spacial score (nSPS) is 18.9. The molecule has 0 unspecified atom stereocenters. The van der Waals surface area contributed by atoms with Crippen molar-refractivity contribution in [3.05, 3.63) is 29.8 Å². The first-order valence-electron chi connectivity index (χ1n) is 5.91. The van der Waals surface area contributed by atoms with Gasteiger partial charge >= 0.3 is 0 Å². The van der Waals surface area contributed by atoms with Crippen LogP contribution in [0.3, 0.4) is 0 Å². The Kier molecular flexibility index (Phi) is 3.68. The molecule has 1 aromatic rings. The topological polar surface area (TPSA) is 70.6 Å². The van der Waals surface area contributed by atoms with Crippen molar-refractivity contribution in [1.29, 1.82) is 0 Å². The van der Waals surface area contributed by atoms with Gasteiger partial charge in [0, 0.05) is 18.2 Å². The quantitative estimate of drug-likeness (QED) is 0.790. The van der Waals surface area contributed by atoms with E-state index in [4.69, 9.17) is 0 Å². The number of rotatable bonds is 4. The third-order valence-electron chi connectivity index (χ3n) is 2.60. The van der Waals surface area contributed by atoms with E-state index in [9.17, 15) is 8.42 Å². The Morgan fingerprint density at radius 3 is 2.78 bits per heavy atom. The number of hydrogen-bond acceptors (Lipinski definition) is 4. The summed E-state index contributed by atoms with van der Waals surface area (Å²) in [5.74, 6) is 0.441. The van der Waals surface area contributed by atoms with Crippen molar-refractivity contribution in [3.8, 4) is 0 Å². The van der Waals surface area contributed by atoms with Crippen LogP contribution in [-0.4, -0.2) is 33.4 Å². The fourth-order valence-corrected chi connectivity index (χ4v) is 3.02. The second-order valence-electron chi connectivity index (χ2n) is 4.44. The largest absolute Gasteiger partial charge is 0.313 e. The van der Waals surface area contributed by atoms with Crippen LogP contribution in [0.5, 0.6) is 0 Å². The van der Waals surface area contributed by atoms with E-state index in [0.29, 0.717) is 28.9 Å². The Balaban J connectivity index is 2.15. The molecule has 0 saturated carbocycles. The molecule has 0 fully saturated rings. The van der Waals surface area contributed by atoms with E-state index >= 15 is 0 Å². The molecular weight excluding hydrogens is 250 g/mol. The number of amidine groups is 1. The van der Waals surface area contributed by atoms with Gasteiger partial charge in [-0.1, -0.05) is 26.0 Å². The van der Waals surface area contributed by atoms with Gasteiger partial charge in [0.15, 0.2) is 0 Å². The summed E-state index contributed by atoms with van der Waals surface area (Å²) < 4.78 is 26.1. The fourth-order valence-electron chi connectivity index (χ4n) is 1.77. The zero-order valence-corrected chi connectivity index (χ0v) is 11.3. The first-order valence-corrected chi connectivity index (χ1v) is 7.39. The van der Waals surface area contributed by atoms with Gasteiger partial charge in [-0.05, 0) is 12.1 Å². The van der Waals surface area contributed by atoms with Crippen LogP contribution >= 0.6 is 0 Å². The van der Waals surface area contributed by atoms with Crippen molar-refractivity contribution >= 4 is 15.9 Å². The third-order valence-corrected chi connectivity index (χ3v) is 3.99. The molecule has 1 heterocycles. The molecule has 0 radical (unpaired) electrons. The number of nitrogens with one attached hydrogen (secondary N) is 2. The molecule has 18 heavy (non-hydrogen) atoms. The summed E-state index contributed by atoms with van der Waals surface area (Å²) >= 11 is 0. The average Bonchev–Trinajstić information content (AvgIpc) is 2.57. The van der Waals surface area contributed by atoms with Crippen molar-refractivity contribution in [3.63, 3.8) is 0 Å². The smallest absolute Gasteiger partial charge is 0.263 e. The molecule has 0 aliphatic carbocycles. The Morgan fingerprint density at radius 1 is 1.33 bits per heavy atom. The monoisotopic (exact) mass is 267 g/mol. The van der Waals surface area contributed by atoms with E-state index in [1.165, 1.54) is 0 Å². The maximum atomic E-state index is 11.8. The molecule has 0 amide bonds. The van der Waals surface area contributed by atoms with Crippen molar-refractivity contribution in [1.82, 2.24) is 10.0 Å². The molecule has 2 N–H and O–H groups in total. The number of benzene rings is 1. The Labute approximate surface area is 107 Å². The minimum absolute atomic E-state index is 0.306. The van der Waals surface area contributed by atoms with Crippen LogP contribution in [0, 0.1) is 0 Å². The zero-order valence-electron chi connectivity index (χ0n) is 10.5. The molecule has 6 heteroatoms. The van der Waals surface area contributed by atoms with Crippen LogP contribution in [0.25, 0.3) is 0 Å². The summed E-state index contributed by atoms with van der Waals surface area (Å²) in [6.07, 6.45) is 0. The molecule has 98 valence electrons. The van der Waals surface area contributed by atoms with Gasteiger partial charge in [-0.25, -0.2) is 8.42 Å². The summed E-state index contributed by atoms with van der Waals surface area (Å²) in [7, 11) is -3.41. The van der Waals surface area contributed by atoms with Crippen molar-refractivity contribution in [2.24, 2.45) is 4.99 Å². The maximum absolute atomic E-state index is 11.8. The molecule has 0 aromatic heterocycles. The zero-order chi connectivity index (χ0) is 13.2. The lowest BCUT2D eigenvalue weighted by atomic mass is 10.2. The van der Waals surface area contributed by atoms with Gasteiger partial charge in [0.2, 0.25) is 0 Å². The first kappa shape index (κ1) is 13.0. The third kappa shape index (κ3) is 2.70. The van der Waals surface area contributed by atoms with Crippen molar-refractivity contribution < 1.29 is 8.42 Å². The molecule has 1 aliphatic rings.